The number of benzene rings is 1. The summed E-state index contributed by atoms with van der Waals surface area (Å²) in [6.07, 6.45) is 0.234. The van der Waals surface area contributed by atoms with Crippen LogP contribution < -0.4 is 11.1 Å². The number of carbonyl (C=O) groups is 1. The number of amides is 1. The molecule has 0 atom stereocenters. The number of nitrogens with one attached hydrogen (secondary N) is 1. The Labute approximate surface area is 89.4 Å². The van der Waals surface area contributed by atoms with Gasteiger partial charge in [-0.25, -0.2) is 4.79 Å². The third-order valence-electron chi connectivity index (χ3n) is 1.97. The van der Waals surface area contributed by atoms with Gasteiger partial charge in [0.05, 0.1) is 22.7 Å². The Morgan fingerprint density at radius 1 is 1.60 bits per heavy atom. The third kappa shape index (κ3) is 1.57. The molecule has 15 heavy (non-hydrogen) atoms. The van der Waals surface area contributed by atoms with Gasteiger partial charge in [0.25, 0.3) is 0 Å². The molecule has 0 fully saturated rings. The number of nitrogen functional groups attached to an aromatic ring is 1. The van der Waals surface area contributed by atoms with E-state index in [4.69, 9.17) is 26.9 Å². The maximum atomic E-state index is 10.5. The number of hydrogen-bond donors (Lipinski definition) is 3. The van der Waals surface area contributed by atoms with Crippen molar-refractivity contribution < 1.29 is 14.3 Å². The van der Waals surface area contributed by atoms with Gasteiger partial charge < -0.3 is 15.3 Å². The summed E-state index contributed by atoms with van der Waals surface area (Å²) in [5, 5.41) is 11.7. The van der Waals surface area contributed by atoms with Gasteiger partial charge in [-0.15, -0.1) is 0 Å². The molecule has 0 unspecified atom stereocenters. The summed E-state index contributed by atoms with van der Waals surface area (Å²) in [5.41, 5.74) is 6.72. The molecular formula is C9H7ClN2O3. The van der Waals surface area contributed by atoms with Crippen molar-refractivity contribution in [2.75, 3.05) is 11.1 Å². The highest BCUT2D eigenvalue weighted by Gasteiger charge is 2.12. The molecule has 0 aliphatic heterocycles. The Morgan fingerprint density at radius 3 is 3.00 bits per heavy atom. The Bertz CT molecular complexity index is 535. The van der Waals surface area contributed by atoms with Crippen molar-refractivity contribution in [3.8, 4) is 0 Å². The van der Waals surface area contributed by atoms with E-state index in [0.717, 1.165) is 0 Å². The molecule has 0 aliphatic rings. The summed E-state index contributed by atoms with van der Waals surface area (Å²) < 4.78 is 5.12. The average Bonchev–Trinajstić information content (AvgIpc) is 2.61. The van der Waals surface area contributed by atoms with E-state index < -0.39 is 6.09 Å². The average molecular weight is 227 g/mol. The second kappa shape index (κ2) is 3.36. The Hall–Kier alpha value is -1.88. The van der Waals surface area contributed by atoms with Crippen molar-refractivity contribution in [1.29, 1.82) is 0 Å². The topological polar surface area (TPSA) is 88.5 Å². The highest BCUT2D eigenvalue weighted by atomic mass is 35.5. The molecule has 0 radical (unpaired) electrons. The first-order chi connectivity index (χ1) is 7.09. The SMILES string of the molecule is Nc1c(Cl)cc(NC(=O)O)c2occc12. The number of anilines is 2. The van der Waals surface area contributed by atoms with Crippen LogP contribution in [0.3, 0.4) is 0 Å². The van der Waals surface area contributed by atoms with Gasteiger partial charge in [0.15, 0.2) is 5.58 Å². The molecule has 5 nitrogen and oxygen atoms in total. The van der Waals surface area contributed by atoms with Gasteiger partial charge in [0, 0.05) is 5.39 Å². The summed E-state index contributed by atoms with van der Waals surface area (Å²) in [6, 6.07) is 3.04. The van der Waals surface area contributed by atoms with Crippen molar-refractivity contribution in [1.82, 2.24) is 0 Å². The maximum Gasteiger partial charge on any atom is 0.409 e. The molecule has 0 saturated carbocycles. The lowest BCUT2D eigenvalue weighted by Gasteiger charge is -2.05. The van der Waals surface area contributed by atoms with E-state index in [1.807, 2.05) is 0 Å². The number of furan rings is 1. The minimum Gasteiger partial charge on any atom is -0.465 e. The number of nitrogens with two attached hydrogens (primary N) is 1. The molecule has 0 aliphatic carbocycles. The summed E-state index contributed by atoms with van der Waals surface area (Å²) in [7, 11) is 0. The fourth-order valence-corrected chi connectivity index (χ4v) is 1.55. The molecule has 6 heteroatoms. The molecule has 0 saturated heterocycles. The number of rotatable bonds is 1. The highest BCUT2D eigenvalue weighted by Crippen LogP contribution is 2.35. The number of fused-ring (bicyclic) bond motifs is 1. The molecule has 78 valence electrons. The zero-order valence-corrected chi connectivity index (χ0v) is 8.21. The van der Waals surface area contributed by atoms with Crippen LogP contribution in [0.2, 0.25) is 5.02 Å². The summed E-state index contributed by atoms with van der Waals surface area (Å²) >= 11 is 5.83. The molecule has 1 aromatic carbocycles. The van der Waals surface area contributed by atoms with E-state index in [2.05, 4.69) is 5.32 Å². The second-order valence-corrected chi connectivity index (χ2v) is 3.32. The van der Waals surface area contributed by atoms with Crippen LogP contribution in [0.5, 0.6) is 0 Å². The zero-order chi connectivity index (χ0) is 11.0. The number of hydrogen-bond acceptors (Lipinski definition) is 3. The van der Waals surface area contributed by atoms with Crippen molar-refractivity contribution >= 4 is 40.0 Å². The lowest BCUT2D eigenvalue weighted by Crippen LogP contribution is -2.07. The Kier molecular flexibility index (Phi) is 2.17. The van der Waals surface area contributed by atoms with Crippen LogP contribution in [0.4, 0.5) is 16.2 Å². The molecule has 1 aromatic heterocycles. The normalized spacial score (nSPS) is 10.5. The first kappa shape index (κ1) is 9.67. The van der Waals surface area contributed by atoms with Gasteiger partial charge in [-0.05, 0) is 12.1 Å². The minimum atomic E-state index is -1.19. The largest absolute Gasteiger partial charge is 0.465 e. The van der Waals surface area contributed by atoms with Crippen LogP contribution in [0.25, 0.3) is 11.0 Å². The maximum absolute atomic E-state index is 10.5. The van der Waals surface area contributed by atoms with Gasteiger partial charge >= 0.3 is 6.09 Å². The molecule has 0 bridgehead atoms. The van der Waals surface area contributed by atoms with Gasteiger partial charge in [-0.3, -0.25) is 5.32 Å². The van der Waals surface area contributed by atoms with Crippen LogP contribution in [-0.4, -0.2) is 11.2 Å². The molecular weight excluding hydrogens is 220 g/mol. The Balaban J connectivity index is 2.68. The van der Waals surface area contributed by atoms with E-state index >= 15 is 0 Å². The predicted molar refractivity (Wildman–Crippen MR) is 57.3 cm³/mol. The number of halogens is 1. The van der Waals surface area contributed by atoms with E-state index in [1.54, 1.807) is 6.07 Å². The Morgan fingerprint density at radius 2 is 2.33 bits per heavy atom. The number of carboxylic acid groups (broad SMARTS) is 1. The van der Waals surface area contributed by atoms with Crippen LogP contribution in [0.15, 0.2) is 22.8 Å². The smallest absolute Gasteiger partial charge is 0.409 e. The van der Waals surface area contributed by atoms with Crippen molar-refractivity contribution in [2.24, 2.45) is 0 Å². The fourth-order valence-electron chi connectivity index (χ4n) is 1.34. The van der Waals surface area contributed by atoms with Gasteiger partial charge in [-0.1, -0.05) is 11.6 Å². The molecule has 0 spiro atoms. The molecule has 1 amide bonds. The predicted octanol–water partition coefficient (Wildman–Crippen LogP) is 2.76. The lowest BCUT2D eigenvalue weighted by atomic mass is 10.2. The first-order valence-electron chi connectivity index (χ1n) is 4.04. The lowest BCUT2D eigenvalue weighted by molar-refractivity contribution is 0.209. The molecule has 1 heterocycles. The van der Waals surface area contributed by atoms with Gasteiger partial charge in [-0.2, -0.15) is 0 Å². The molecule has 2 rings (SSSR count). The fraction of sp³-hybridized carbons (Fsp3) is 0. The molecule has 4 N–H and O–H groups in total. The minimum absolute atomic E-state index is 0.279. The van der Waals surface area contributed by atoms with E-state index in [9.17, 15) is 4.79 Å². The van der Waals surface area contributed by atoms with E-state index in [1.165, 1.54) is 12.3 Å². The highest BCUT2D eigenvalue weighted by molar-refractivity contribution is 6.35. The van der Waals surface area contributed by atoms with E-state index in [-0.39, 0.29) is 10.7 Å². The third-order valence-corrected chi connectivity index (χ3v) is 2.28. The summed E-state index contributed by atoms with van der Waals surface area (Å²) in [4.78, 5) is 10.5. The quantitative estimate of drug-likeness (QED) is 0.653. The second-order valence-electron chi connectivity index (χ2n) is 2.91. The van der Waals surface area contributed by atoms with Crippen LogP contribution >= 0.6 is 11.6 Å². The van der Waals surface area contributed by atoms with Crippen LogP contribution in [0.1, 0.15) is 0 Å². The van der Waals surface area contributed by atoms with Crippen molar-refractivity contribution in [3.63, 3.8) is 0 Å². The monoisotopic (exact) mass is 226 g/mol. The van der Waals surface area contributed by atoms with Crippen molar-refractivity contribution in [2.45, 2.75) is 0 Å². The summed E-state index contributed by atoms with van der Waals surface area (Å²) in [6.45, 7) is 0. The summed E-state index contributed by atoms with van der Waals surface area (Å²) in [5.74, 6) is 0. The molecule has 2 aromatic rings. The van der Waals surface area contributed by atoms with Gasteiger partial charge in [0.1, 0.15) is 0 Å². The van der Waals surface area contributed by atoms with Gasteiger partial charge in [0.2, 0.25) is 0 Å². The van der Waals surface area contributed by atoms with Crippen molar-refractivity contribution in [3.05, 3.63) is 23.4 Å². The van der Waals surface area contributed by atoms with Crippen LogP contribution in [0, 0.1) is 0 Å². The zero-order valence-electron chi connectivity index (χ0n) is 7.45. The standard InChI is InChI=1S/C9H7ClN2O3/c10-5-3-6(12-9(13)14)8-4(7(5)11)1-2-15-8/h1-3,12H,11H2,(H,13,14). The first-order valence-corrected chi connectivity index (χ1v) is 4.42. The van der Waals surface area contributed by atoms with E-state index in [0.29, 0.717) is 16.7 Å². The van der Waals surface area contributed by atoms with Crippen LogP contribution in [-0.2, 0) is 0 Å².